The molecule has 0 aliphatic rings. The van der Waals surface area contributed by atoms with Gasteiger partial charge >= 0.3 is 0 Å². The first-order valence-electron chi connectivity index (χ1n) is 6.17. The Morgan fingerprint density at radius 3 is 2.84 bits per heavy atom. The highest BCUT2D eigenvalue weighted by molar-refractivity contribution is 6.31. The first kappa shape index (κ1) is 13.8. The minimum absolute atomic E-state index is 0.203. The van der Waals surface area contributed by atoms with Crippen molar-refractivity contribution >= 4 is 11.6 Å². The van der Waals surface area contributed by atoms with Crippen LogP contribution in [0.5, 0.6) is 5.75 Å². The highest BCUT2D eigenvalue weighted by atomic mass is 35.5. The Bertz CT molecular complexity index is 531. The molecule has 0 aliphatic heterocycles. The van der Waals surface area contributed by atoms with Crippen LogP contribution in [0.1, 0.15) is 24.1 Å². The smallest absolute Gasteiger partial charge is 0.124 e. The molecule has 1 heterocycles. The SMILES string of the molecule is COc1cccc(Cl)c1CN[C@@H](C)c1cccnc1. The van der Waals surface area contributed by atoms with Crippen molar-refractivity contribution in [3.8, 4) is 5.75 Å². The van der Waals surface area contributed by atoms with Crippen LogP contribution >= 0.6 is 11.6 Å². The van der Waals surface area contributed by atoms with Gasteiger partial charge in [0.15, 0.2) is 0 Å². The lowest BCUT2D eigenvalue weighted by atomic mass is 10.1. The molecule has 0 unspecified atom stereocenters. The van der Waals surface area contributed by atoms with Crippen LogP contribution < -0.4 is 10.1 Å². The van der Waals surface area contributed by atoms with Crippen LogP contribution in [0.2, 0.25) is 5.02 Å². The molecule has 0 spiro atoms. The Morgan fingerprint density at radius 2 is 2.16 bits per heavy atom. The number of rotatable bonds is 5. The predicted octanol–water partition coefficient (Wildman–Crippen LogP) is 3.59. The van der Waals surface area contributed by atoms with Gasteiger partial charge in [-0.1, -0.05) is 23.7 Å². The third kappa shape index (κ3) is 3.46. The topological polar surface area (TPSA) is 34.1 Å². The van der Waals surface area contributed by atoms with Crippen LogP contribution in [-0.2, 0) is 6.54 Å². The van der Waals surface area contributed by atoms with Gasteiger partial charge in [0.05, 0.1) is 7.11 Å². The molecule has 1 N–H and O–H groups in total. The maximum atomic E-state index is 6.21. The monoisotopic (exact) mass is 276 g/mol. The molecule has 0 radical (unpaired) electrons. The number of aromatic nitrogens is 1. The van der Waals surface area contributed by atoms with E-state index in [1.54, 1.807) is 13.3 Å². The van der Waals surface area contributed by atoms with Crippen LogP contribution in [-0.4, -0.2) is 12.1 Å². The molecule has 3 nitrogen and oxygen atoms in total. The fourth-order valence-electron chi connectivity index (χ4n) is 1.91. The van der Waals surface area contributed by atoms with Crippen LogP contribution in [0, 0.1) is 0 Å². The molecule has 4 heteroatoms. The number of benzene rings is 1. The second kappa shape index (κ2) is 6.55. The fraction of sp³-hybridized carbons (Fsp3) is 0.267. The van der Waals surface area contributed by atoms with E-state index in [-0.39, 0.29) is 6.04 Å². The van der Waals surface area contributed by atoms with Crippen molar-refractivity contribution in [2.45, 2.75) is 19.5 Å². The Balaban J connectivity index is 2.07. The Hall–Kier alpha value is -1.58. The van der Waals surface area contributed by atoms with Gasteiger partial charge in [-0.3, -0.25) is 4.98 Å². The lowest BCUT2D eigenvalue weighted by molar-refractivity contribution is 0.406. The van der Waals surface area contributed by atoms with E-state index in [2.05, 4.69) is 23.3 Å². The second-order valence-electron chi connectivity index (χ2n) is 4.31. The number of hydrogen-bond donors (Lipinski definition) is 1. The van der Waals surface area contributed by atoms with E-state index in [1.807, 2.05) is 30.5 Å². The van der Waals surface area contributed by atoms with Crippen molar-refractivity contribution in [2.75, 3.05) is 7.11 Å². The molecule has 2 aromatic rings. The summed E-state index contributed by atoms with van der Waals surface area (Å²) >= 11 is 6.21. The molecule has 0 saturated carbocycles. The van der Waals surface area contributed by atoms with E-state index < -0.39 is 0 Å². The summed E-state index contributed by atoms with van der Waals surface area (Å²) in [4.78, 5) is 4.12. The summed E-state index contributed by atoms with van der Waals surface area (Å²) in [7, 11) is 1.65. The van der Waals surface area contributed by atoms with Crippen molar-refractivity contribution in [3.05, 3.63) is 58.9 Å². The van der Waals surface area contributed by atoms with Crippen molar-refractivity contribution in [2.24, 2.45) is 0 Å². The van der Waals surface area contributed by atoms with Gasteiger partial charge in [-0.2, -0.15) is 0 Å². The Morgan fingerprint density at radius 1 is 1.32 bits per heavy atom. The lowest BCUT2D eigenvalue weighted by Gasteiger charge is -2.16. The van der Waals surface area contributed by atoms with Crippen molar-refractivity contribution in [1.29, 1.82) is 0 Å². The molecule has 0 bridgehead atoms. The summed E-state index contributed by atoms with van der Waals surface area (Å²) in [6.07, 6.45) is 3.63. The summed E-state index contributed by atoms with van der Waals surface area (Å²) in [6, 6.07) is 9.86. The van der Waals surface area contributed by atoms with E-state index in [1.165, 1.54) is 0 Å². The molecule has 0 saturated heterocycles. The van der Waals surface area contributed by atoms with Gasteiger partial charge in [0.2, 0.25) is 0 Å². The highest BCUT2D eigenvalue weighted by Gasteiger charge is 2.10. The zero-order chi connectivity index (χ0) is 13.7. The van der Waals surface area contributed by atoms with Crippen molar-refractivity contribution in [3.63, 3.8) is 0 Å². The largest absolute Gasteiger partial charge is 0.496 e. The summed E-state index contributed by atoms with van der Waals surface area (Å²) in [5, 5.41) is 4.14. The molecule has 2 rings (SSSR count). The predicted molar refractivity (Wildman–Crippen MR) is 77.5 cm³/mol. The Kier molecular flexibility index (Phi) is 4.77. The first-order chi connectivity index (χ1) is 9.22. The van der Waals surface area contributed by atoms with Gasteiger partial charge in [-0.05, 0) is 30.7 Å². The van der Waals surface area contributed by atoms with E-state index in [0.29, 0.717) is 11.6 Å². The van der Waals surface area contributed by atoms with Crippen LogP contribution in [0.25, 0.3) is 0 Å². The molecule has 0 amide bonds. The molecule has 100 valence electrons. The maximum Gasteiger partial charge on any atom is 0.124 e. The summed E-state index contributed by atoms with van der Waals surface area (Å²) < 4.78 is 5.33. The molecule has 1 aromatic carbocycles. The van der Waals surface area contributed by atoms with Crippen LogP contribution in [0.3, 0.4) is 0 Å². The number of halogens is 1. The highest BCUT2D eigenvalue weighted by Crippen LogP contribution is 2.26. The summed E-state index contributed by atoms with van der Waals surface area (Å²) in [5.41, 5.74) is 2.12. The molecule has 1 aromatic heterocycles. The summed E-state index contributed by atoms with van der Waals surface area (Å²) in [5.74, 6) is 0.804. The minimum Gasteiger partial charge on any atom is -0.496 e. The molecule has 0 fully saturated rings. The van der Waals surface area contributed by atoms with E-state index in [0.717, 1.165) is 16.9 Å². The van der Waals surface area contributed by atoms with E-state index in [4.69, 9.17) is 16.3 Å². The zero-order valence-corrected chi connectivity index (χ0v) is 11.8. The van der Waals surface area contributed by atoms with Gasteiger partial charge < -0.3 is 10.1 Å². The number of methoxy groups -OCH3 is 1. The number of ether oxygens (including phenoxy) is 1. The molecular weight excluding hydrogens is 260 g/mol. The number of pyridine rings is 1. The van der Waals surface area contributed by atoms with E-state index in [9.17, 15) is 0 Å². The normalized spacial score (nSPS) is 12.2. The van der Waals surface area contributed by atoms with Crippen LogP contribution in [0.15, 0.2) is 42.7 Å². The van der Waals surface area contributed by atoms with Gasteiger partial charge in [-0.15, -0.1) is 0 Å². The van der Waals surface area contributed by atoms with Crippen molar-refractivity contribution < 1.29 is 4.74 Å². The standard InChI is InChI=1S/C15H17ClN2O/c1-11(12-5-4-8-17-9-12)18-10-13-14(16)6-3-7-15(13)19-2/h3-9,11,18H,10H2,1-2H3/t11-/m0/s1. The minimum atomic E-state index is 0.203. The molecular formula is C15H17ClN2O. The fourth-order valence-corrected chi connectivity index (χ4v) is 2.14. The average molecular weight is 277 g/mol. The summed E-state index contributed by atoms with van der Waals surface area (Å²) in [6.45, 7) is 2.75. The quantitative estimate of drug-likeness (QED) is 0.906. The van der Waals surface area contributed by atoms with Gasteiger partial charge in [0, 0.05) is 35.6 Å². The third-order valence-electron chi connectivity index (χ3n) is 3.07. The second-order valence-corrected chi connectivity index (χ2v) is 4.72. The van der Waals surface area contributed by atoms with Gasteiger partial charge in [-0.25, -0.2) is 0 Å². The number of hydrogen-bond acceptors (Lipinski definition) is 3. The lowest BCUT2D eigenvalue weighted by Crippen LogP contribution is -2.18. The van der Waals surface area contributed by atoms with E-state index >= 15 is 0 Å². The molecule has 19 heavy (non-hydrogen) atoms. The Labute approximate surface area is 118 Å². The first-order valence-corrected chi connectivity index (χ1v) is 6.55. The number of nitrogens with one attached hydrogen (secondary N) is 1. The van der Waals surface area contributed by atoms with Gasteiger partial charge in [0.25, 0.3) is 0 Å². The van der Waals surface area contributed by atoms with Gasteiger partial charge in [0.1, 0.15) is 5.75 Å². The number of nitrogens with zero attached hydrogens (tertiary/aromatic N) is 1. The third-order valence-corrected chi connectivity index (χ3v) is 3.42. The molecule has 0 aliphatic carbocycles. The zero-order valence-electron chi connectivity index (χ0n) is 11.1. The average Bonchev–Trinajstić information content (AvgIpc) is 2.46. The molecule has 1 atom stereocenters. The van der Waals surface area contributed by atoms with Crippen molar-refractivity contribution in [1.82, 2.24) is 10.3 Å². The van der Waals surface area contributed by atoms with Crippen LogP contribution in [0.4, 0.5) is 0 Å². The maximum absolute atomic E-state index is 6.21.